The average molecular weight is 217 g/mol. The van der Waals surface area contributed by atoms with E-state index in [1.54, 1.807) is 0 Å². The van der Waals surface area contributed by atoms with Crippen LogP contribution in [-0.2, 0) is 9.59 Å². The van der Waals surface area contributed by atoms with Gasteiger partial charge < -0.3 is 10.4 Å². The molecule has 0 radical (unpaired) electrons. The topological polar surface area (TPSA) is 66.4 Å². The van der Waals surface area contributed by atoms with Crippen molar-refractivity contribution in [1.82, 2.24) is 5.32 Å². The lowest BCUT2D eigenvalue weighted by Crippen LogP contribution is -2.34. The minimum absolute atomic E-state index is 0.00791. The number of rotatable bonds is 4. The van der Waals surface area contributed by atoms with Crippen LogP contribution in [0.5, 0.6) is 0 Å². The van der Waals surface area contributed by atoms with Crippen molar-refractivity contribution < 1.29 is 14.7 Å². The van der Waals surface area contributed by atoms with Gasteiger partial charge in [-0.15, -0.1) is 0 Å². The Balaban J connectivity index is 2.28. The Labute approximate surface area is 87.4 Å². The molecule has 1 aliphatic carbocycles. The van der Waals surface area contributed by atoms with Gasteiger partial charge in [0.15, 0.2) is 0 Å². The lowest BCUT2D eigenvalue weighted by Gasteiger charge is -2.11. The minimum atomic E-state index is -0.744. The zero-order valence-electron chi connectivity index (χ0n) is 8.16. The van der Waals surface area contributed by atoms with Crippen molar-refractivity contribution in [3.63, 3.8) is 0 Å². The minimum Gasteiger partial charge on any atom is -0.481 e. The zero-order valence-corrected chi connectivity index (χ0v) is 8.97. The molecule has 2 N–H and O–H groups in total. The largest absolute Gasteiger partial charge is 0.481 e. The second-order valence-electron chi connectivity index (χ2n) is 3.55. The van der Waals surface area contributed by atoms with Crippen LogP contribution in [0.1, 0.15) is 19.3 Å². The first-order chi connectivity index (χ1) is 6.63. The van der Waals surface area contributed by atoms with Gasteiger partial charge in [-0.1, -0.05) is 0 Å². The highest BCUT2D eigenvalue weighted by Gasteiger charge is 2.30. The molecule has 0 aliphatic heterocycles. The Morgan fingerprint density at radius 1 is 1.50 bits per heavy atom. The molecular formula is C9H15NO3S. The van der Waals surface area contributed by atoms with Crippen molar-refractivity contribution in [2.24, 2.45) is 5.92 Å². The molecule has 0 aromatic rings. The normalized spacial score (nSPS) is 26.1. The molecule has 0 heterocycles. The van der Waals surface area contributed by atoms with E-state index in [4.69, 9.17) is 5.11 Å². The van der Waals surface area contributed by atoms with Gasteiger partial charge in [0.05, 0.1) is 11.7 Å². The van der Waals surface area contributed by atoms with Crippen LogP contribution in [0.3, 0.4) is 0 Å². The number of hydrogen-bond donors (Lipinski definition) is 2. The van der Waals surface area contributed by atoms with Crippen molar-refractivity contribution >= 4 is 23.6 Å². The van der Waals surface area contributed by atoms with Crippen LogP contribution in [0.4, 0.5) is 0 Å². The van der Waals surface area contributed by atoms with Crippen LogP contribution < -0.4 is 5.32 Å². The highest BCUT2D eigenvalue weighted by molar-refractivity contribution is 7.99. The van der Waals surface area contributed by atoms with Crippen molar-refractivity contribution in [3.05, 3.63) is 0 Å². The third kappa shape index (κ3) is 3.21. The van der Waals surface area contributed by atoms with Crippen LogP contribution in [0, 0.1) is 5.92 Å². The number of carbonyl (C=O) groups is 2. The molecule has 0 unspecified atom stereocenters. The molecule has 0 bridgehead atoms. The predicted molar refractivity (Wildman–Crippen MR) is 55.3 cm³/mol. The molecule has 0 saturated heterocycles. The number of aliphatic carboxylic acids is 1. The van der Waals surface area contributed by atoms with E-state index >= 15 is 0 Å². The Bertz CT molecular complexity index is 232. The first kappa shape index (κ1) is 11.4. The number of carbonyl (C=O) groups excluding carboxylic acids is 1. The molecule has 4 nitrogen and oxygen atoms in total. The number of hydrogen-bond acceptors (Lipinski definition) is 3. The van der Waals surface area contributed by atoms with Gasteiger partial charge in [-0.2, -0.15) is 11.8 Å². The fourth-order valence-electron chi connectivity index (χ4n) is 1.74. The summed E-state index contributed by atoms with van der Waals surface area (Å²) in [6.07, 6.45) is 3.92. The first-order valence-corrected chi connectivity index (χ1v) is 6.04. The summed E-state index contributed by atoms with van der Waals surface area (Å²) in [6.45, 7) is 0. The number of thioether (sulfide) groups is 1. The first-order valence-electron chi connectivity index (χ1n) is 4.64. The monoisotopic (exact) mass is 217 g/mol. The number of amides is 1. The molecule has 0 aromatic heterocycles. The highest BCUT2D eigenvalue weighted by atomic mass is 32.2. The molecule has 80 valence electrons. The summed E-state index contributed by atoms with van der Waals surface area (Å²) in [5.41, 5.74) is 0. The summed E-state index contributed by atoms with van der Waals surface area (Å²) in [5, 5.41) is 11.6. The SMILES string of the molecule is CSCC(=O)N[C@@H]1CC[C@H](C(=O)O)C1. The van der Waals surface area contributed by atoms with Crippen LogP contribution >= 0.6 is 11.8 Å². The number of nitrogens with one attached hydrogen (secondary N) is 1. The highest BCUT2D eigenvalue weighted by Crippen LogP contribution is 2.25. The van der Waals surface area contributed by atoms with Gasteiger partial charge in [0.1, 0.15) is 0 Å². The van der Waals surface area contributed by atoms with Crippen LogP contribution in [0.2, 0.25) is 0 Å². The third-order valence-electron chi connectivity index (χ3n) is 2.42. The van der Waals surface area contributed by atoms with Crippen LogP contribution in [0.15, 0.2) is 0 Å². The molecular weight excluding hydrogens is 202 g/mol. The van der Waals surface area contributed by atoms with Gasteiger partial charge in [-0.05, 0) is 25.5 Å². The van der Waals surface area contributed by atoms with E-state index in [9.17, 15) is 9.59 Å². The summed E-state index contributed by atoms with van der Waals surface area (Å²) >= 11 is 1.47. The van der Waals surface area contributed by atoms with E-state index in [0.29, 0.717) is 18.6 Å². The molecule has 2 atom stereocenters. The fourth-order valence-corrected chi connectivity index (χ4v) is 2.08. The van der Waals surface area contributed by atoms with E-state index in [2.05, 4.69) is 5.32 Å². The number of carboxylic acids is 1. The summed E-state index contributed by atoms with van der Waals surface area (Å²) in [5.74, 6) is -0.552. The Kier molecular flexibility index (Phi) is 4.25. The molecule has 0 spiro atoms. The summed E-state index contributed by atoms with van der Waals surface area (Å²) < 4.78 is 0. The van der Waals surface area contributed by atoms with E-state index in [-0.39, 0.29) is 17.9 Å². The lowest BCUT2D eigenvalue weighted by atomic mass is 10.1. The van der Waals surface area contributed by atoms with Gasteiger partial charge in [0.25, 0.3) is 0 Å². The third-order valence-corrected chi connectivity index (χ3v) is 2.97. The van der Waals surface area contributed by atoms with Gasteiger partial charge in [-0.3, -0.25) is 9.59 Å². The standard InChI is InChI=1S/C9H15NO3S/c1-14-5-8(11)10-7-3-2-6(4-7)9(12)13/h6-7H,2-5H2,1H3,(H,10,11)(H,12,13)/t6-,7+/m0/s1. The Morgan fingerprint density at radius 3 is 2.71 bits per heavy atom. The summed E-state index contributed by atoms with van der Waals surface area (Å²) in [7, 11) is 0. The van der Waals surface area contributed by atoms with E-state index < -0.39 is 5.97 Å². The average Bonchev–Trinajstić information content (AvgIpc) is 2.53. The molecule has 5 heteroatoms. The maximum atomic E-state index is 11.2. The smallest absolute Gasteiger partial charge is 0.306 e. The maximum absolute atomic E-state index is 11.2. The van der Waals surface area contributed by atoms with Crippen molar-refractivity contribution in [2.75, 3.05) is 12.0 Å². The summed E-state index contributed by atoms with van der Waals surface area (Å²) in [4.78, 5) is 21.8. The van der Waals surface area contributed by atoms with Crippen LogP contribution in [-0.4, -0.2) is 35.0 Å². The zero-order chi connectivity index (χ0) is 10.6. The summed E-state index contributed by atoms with van der Waals surface area (Å²) in [6, 6.07) is 0.0655. The van der Waals surface area contributed by atoms with Crippen molar-refractivity contribution in [3.8, 4) is 0 Å². The van der Waals surface area contributed by atoms with E-state index in [1.807, 2.05) is 6.26 Å². The molecule has 1 saturated carbocycles. The molecule has 1 aliphatic rings. The molecule has 0 aromatic carbocycles. The molecule has 14 heavy (non-hydrogen) atoms. The Hall–Kier alpha value is -0.710. The fraction of sp³-hybridized carbons (Fsp3) is 0.778. The van der Waals surface area contributed by atoms with Crippen molar-refractivity contribution in [1.29, 1.82) is 0 Å². The van der Waals surface area contributed by atoms with E-state index in [0.717, 1.165) is 6.42 Å². The number of carboxylic acid groups (broad SMARTS) is 1. The maximum Gasteiger partial charge on any atom is 0.306 e. The molecule has 1 amide bonds. The van der Waals surface area contributed by atoms with Gasteiger partial charge in [-0.25, -0.2) is 0 Å². The lowest BCUT2D eigenvalue weighted by molar-refractivity contribution is -0.141. The quantitative estimate of drug-likeness (QED) is 0.728. The van der Waals surface area contributed by atoms with Crippen molar-refractivity contribution in [2.45, 2.75) is 25.3 Å². The second-order valence-corrected chi connectivity index (χ2v) is 4.41. The van der Waals surface area contributed by atoms with E-state index in [1.165, 1.54) is 11.8 Å². The van der Waals surface area contributed by atoms with Crippen LogP contribution in [0.25, 0.3) is 0 Å². The predicted octanol–water partition coefficient (Wildman–Crippen LogP) is 0.719. The van der Waals surface area contributed by atoms with Gasteiger partial charge in [0.2, 0.25) is 5.91 Å². The Morgan fingerprint density at radius 2 is 2.21 bits per heavy atom. The second kappa shape index (κ2) is 5.24. The molecule has 1 rings (SSSR count). The van der Waals surface area contributed by atoms with Gasteiger partial charge >= 0.3 is 5.97 Å². The molecule has 1 fully saturated rings. The van der Waals surface area contributed by atoms with Gasteiger partial charge in [0, 0.05) is 6.04 Å².